The lowest BCUT2D eigenvalue weighted by molar-refractivity contribution is -0.399. The maximum atomic E-state index is 11.2. The molecule has 0 bridgehead atoms. The van der Waals surface area contributed by atoms with Crippen LogP contribution in [-0.4, -0.2) is 34.6 Å². The number of carboxylic acid groups (broad SMARTS) is 1. The highest BCUT2D eigenvalue weighted by molar-refractivity contribution is 5.72. The van der Waals surface area contributed by atoms with Gasteiger partial charge in [-0.2, -0.15) is 0 Å². The minimum Gasteiger partial charge on any atom is -0.464 e. The summed E-state index contributed by atoms with van der Waals surface area (Å²) in [6, 6.07) is 0. The van der Waals surface area contributed by atoms with E-state index in [0.29, 0.717) is 6.42 Å². The van der Waals surface area contributed by atoms with Crippen molar-refractivity contribution in [1.82, 2.24) is 10.9 Å². The fraction of sp³-hybridized carbons (Fsp3) is 0.833. The van der Waals surface area contributed by atoms with Crippen molar-refractivity contribution >= 4 is 12.2 Å². The van der Waals surface area contributed by atoms with Crippen molar-refractivity contribution in [3.8, 4) is 0 Å². The van der Waals surface area contributed by atoms with E-state index in [1.54, 1.807) is 26.2 Å². The van der Waals surface area contributed by atoms with Crippen molar-refractivity contribution in [3.05, 3.63) is 0 Å². The van der Waals surface area contributed by atoms with E-state index in [4.69, 9.17) is 19.6 Å². The summed E-state index contributed by atoms with van der Waals surface area (Å²) in [5, 5.41) is 8.31. The normalized spacial score (nSPS) is 13.5. The molecule has 0 rings (SSSR count). The third-order valence-electron chi connectivity index (χ3n) is 1.88. The summed E-state index contributed by atoms with van der Waals surface area (Å²) in [4.78, 5) is 32.0. The molecule has 0 aliphatic heterocycles. The topological polar surface area (TPSA) is 106 Å². The van der Waals surface area contributed by atoms with E-state index in [9.17, 15) is 9.59 Å². The van der Waals surface area contributed by atoms with E-state index in [-0.39, 0.29) is 0 Å². The van der Waals surface area contributed by atoms with Crippen LogP contribution in [0.15, 0.2) is 0 Å². The van der Waals surface area contributed by atoms with Crippen molar-refractivity contribution in [3.63, 3.8) is 0 Å². The molecule has 0 heterocycles. The average molecular weight is 292 g/mol. The van der Waals surface area contributed by atoms with Gasteiger partial charge in [0.1, 0.15) is 11.7 Å². The second kappa shape index (κ2) is 7.30. The van der Waals surface area contributed by atoms with Gasteiger partial charge in [0.2, 0.25) is 0 Å². The highest BCUT2D eigenvalue weighted by Gasteiger charge is 2.27. The largest absolute Gasteiger partial charge is 0.464 e. The molecule has 2 amide bonds. The van der Waals surface area contributed by atoms with Crippen molar-refractivity contribution < 1.29 is 29.2 Å². The molecule has 0 fully saturated rings. The Bertz CT molecular complexity index is 337. The Kier molecular flexibility index (Phi) is 6.74. The number of nitrogens with one attached hydrogen (secondary N) is 2. The summed E-state index contributed by atoms with van der Waals surface area (Å²) >= 11 is 0. The molecule has 8 nitrogen and oxygen atoms in total. The summed E-state index contributed by atoms with van der Waals surface area (Å²) in [6.07, 6.45) is -2.36. The van der Waals surface area contributed by atoms with Crippen molar-refractivity contribution in [1.29, 1.82) is 0 Å². The van der Waals surface area contributed by atoms with Crippen LogP contribution in [0.1, 0.15) is 48.0 Å². The number of carbonyl (C=O) groups is 2. The number of rotatable bonds is 5. The second-order valence-electron chi connectivity index (χ2n) is 6.01. The van der Waals surface area contributed by atoms with Gasteiger partial charge < -0.3 is 9.84 Å². The SMILES string of the molecule is CC(CC(C)(C)OOC(C)(C)C)OC(=O)NNC(=O)O. The zero-order valence-corrected chi connectivity index (χ0v) is 12.8. The zero-order valence-electron chi connectivity index (χ0n) is 12.8. The van der Waals surface area contributed by atoms with Crippen LogP contribution in [0.3, 0.4) is 0 Å². The highest BCUT2D eigenvalue weighted by atomic mass is 17.2. The Hall–Kier alpha value is -1.54. The number of amides is 2. The van der Waals surface area contributed by atoms with E-state index in [2.05, 4.69) is 0 Å². The number of hydrogen-bond acceptors (Lipinski definition) is 5. The quantitative estimate of drug-likeness (QED) is 0.530. The maximum Gasteiger partial charge on any atom is 0.426 e. The monoisotopic (exact) mass is 292 g/mol. The lowest BCUT2D eigenvalue weighted by Crippen LogP contribution is -2.43. The van der Waals surface area contributed by atoms with Crippen LogP contribution in [-0.2, 0) is 14.5 Å². The fourth-order valence-electron chi connectivity index (χ4n) is 1.32. The number of ether oxygens (including phenoxy) is 1. The molecular weight excluding hydrogens is 268 g/mol. The Morgan fingerprint density at radius 3 is 2.10 bits per heavy atom. The molecule has 0 spiro atoms. The highest BCUT2D eigenvalue weighted by Crippen LogP contribution is 2.22. The molecule has 0 saturated carbocycles. The first-order valence-electron chi connectivity index (χ1n) is 6.24. The van der Waals surface area contributed by atoms with Gasteiger partial charge in [0, 0.05) is 6.42 Å². The lowest BCUT2D eigenvalue weighted by atomic mass is 10.0. The third-order valence-corrected chi connectivity index (χ3v) is 1.88. The summed E-state index contributed by atoms with van der Waals surface area (Å²) in [6.45, 7) is 10.8. The summed E-state index contributed by atoms with van der Waals surface area (Å²) < 4.78 is 4.96. The van der Waals surface area contributed by atoms with Gasteiger partial charge in [0.05, 0.1) is 5.60 Å². The van der Waals surface area contributed by atoms with Crippen molar-refractivity contribution in [2.75, 3.05) is 0 Å². The summed E-state index contributed by atoms with van der Waals surface area (Å²) in [5.74, 6) is 0. The first kappa shape index (κ1) is 18.5. The van der Waals surface area contributed by atoms with E-state index in [1.807, 2.05) is 26.2 Å². The molecule has 1 atom stereocenters. The fourth-order valence-corrected chi connectivity index (χ4v) is 1.32. The van der Waals surface area contributed by atoms with Crippen molar-refractivity contribution in [2.45, 2.75) is 65.3 Å². The van der Waals surface area contributed by atoms with Crippen LogP contribution in [0.4, 0.5) is 9.59 Å². The van der Waals surface area contributed by atoms with Crippen LogP contribution in [0, 0.1) is 0 Å². The van der Waals surface area contributed by atoms with Crippen molar-refractivity contribution in [2.24, 2.45) is 0 Å². The predicted molar refractivity (Wildman–Crippen MR) is 70.9 cm³/mol. The first-order valence-corrected chi connectivity index (χ1v) is 6.24. The minimum atomic E-state index is -1.38. The Balaban J connectivity index is 4.13. The van der Waals surface area contributed by atoms with Gasteiger partial charge in [-0.05, 0) is 41.5 Å². The maximum absolute atomic E-state index is 11.2. The average Bonchev–Trinajstić information content (AvgIpc) is 2.22. The van der Waals surface area contributed by atoms with E-state index < -0.39 is 29.5 Å². The molecule has 0 aliphatic carbocycles. The Morgan fingerprint density at radius 2 is 1.65 bits per heavy atom. The van der Waals surface area contributed by atoms with E-state index in [0.717, 1.165) is 0 Å². The summed E-state index contributed by atoms with van der Waals surface area (Å²) in [5.41, 5.74) is 2.47. The molecule has 0 aliphatic rings. The van der Waals surface area contributed by atoms with Gasteiger partial charge in [0.15, 0.2) is 0 Å². The van der Waals surface area contributed by atoms with Gasteiger partial charge in [-0.25, -0.2) is 30.2 Å². The third kappa shape index (κ3) is 10.4. The molecule has 0 aromatic carbocycles. The van der Waals surface area contributed by atoms with Gasteiger partial charge in [-0.1, -0.05) is 0 Å². The van der Waals surface area contributed by atoms with Crippen LogP contribution < -0.4 is 10.9 Å². The molecule has 0 aromatic rings. The molecule has 20 heavy (non-hydrogen) atoms. The smallest absolute Gasteiger partial charge is 0.426 e. The van der Waals surface area contributed by atoms with Gasteiger partial charge in [-0.3, -0.25) is 0 Å². The predicted octanol–water partition coefficient (Wildman–Crippen LogP) is 2.20. The molecule has 0 radical (unpaired) electrons. The van der Waals surface area contributed by atoms with Crippen LogP contribution in [0.2, 0.25) is 0 Å². The molecule has 118 valence electrons. The zero-order chi connectivity index (χ0) is 16.0. The molecular formula is C12H24N2O6. The second-order valence-corrected chi connectivity index (χ2v) is 6.01. The molecule has 0 aromatic heterocycles. The van der Waals surface area contributed by atoms with Gasteiger partial charge in [0.25, 0.3) is 0 Å². The first-order chi connectivity index (χ1) is 8.91. The minimum absolute atomic E-state index is 0.379. The Labute approximate surface area is 118 Å². The van der Waals surface area contributed by atoms with Crippen LogP contribution in [0.25, 0.3) is 0 Å². The van der Waals surface area contributed by atoms with E-state index in [1.165, 1.54) is 0 Å². The van der Waals surface area contributed by atoms with Crippen LogP contribution in [0.5, 0.6) is 0 Å². The number of carbonyl (C=O) groups excluding carboxylic acids is 1. The summed E-state index contributed by atoms with van der Waals surface area (Å²) in [7, 11) is 0. The molecule has 1 unspecified atom stereocenters. The van der Waals surface area contributed by atoms with Gasteiger partial charge in [-0.15, -0.1) is 0 Å². The van der Waals surface area contributed by atoms with Crippen LogP contribution >= 0.6 is 0 Å². The number of hydrazine groups is 1. The molecule has 3 N–H and O–H groups in total. The lowest BCUT2D eigenvalue weighted by Gasteiger charge is -2.30. The number of hydrogen-bond donors (Lipinski definition) is 3. The Morgan fingerprint density at radius 1 is 1.10 bits per heavy atom. The molecule has 8 heteroatoms. The standard InChI is InChI=1S/C12H24N2O6/c1-8(18-10(17)14-13-9(15)16)7-12(5,6)20-19-11(2,3)4/h8,13H,7H2,1-6H3,(H,14,17)(H,15,16). The van der Waals surface area contributed by atoms with Gasteiger partial charge >= 0.3 is 12.2 Å². The molecule has 0 saturated heterocycles. The van der Waals surface area contributed by atoms with E-state index >= 15 is 0 Å².